The summed E-state index contributed by atoms with van der Waals surface area (Å²) in [5.41, 5.74) is 3.10. The van der Waals surface area contributed by atoms with E-state index in [9.17, 15) is 4.79 Å². The van der Waals surface area contributed by atoms with Crippen molar-refractivity contribution in [2.45, 2.75) is 6.92 Å². The highest BCUT2D eigenvalue weighted by Crippen LogP contribution is 2.26. The molecule has 0 aliphatic carbocycles. The van der Waals surface area contributed by atoms with Crippen LogP contribution in [0.4, 0.5) is 5.82 Å². The predicted octanol–water partition coefficient (Wildman–Crippen LogP) is 2.71. The van der Waals surface area contributed by atoms with Crippen LogP contribution in [0.3, 0.4) is 0 Å². The third-order valence-corrected chi connectivity index (χ3v) is 5.31. The van der Waals surface area contributed by atoms with Crippen molar-refractivity contribution < 1.29 is 9.53 Å². The molecule has 1 aromatic carbocycles. The van der Waals surface area contributed by atoms with Crippen LogP contribution in [-0.2, 0) is 4.74 Å². The van der Waals surface area contributed by atoms with Crippen molar-refractivity contribution in [3.8, 4) is 0 Å². The van der Waals surface area contributed by atoms with Gasteiger partial charge in [-0.05, 0) is 31.2 Å². The molecule has 0 N–H and O–H groups in total. The number of aromatic nitrogens is 5. The number of rotatable bonds is 4. The third-order valence-electron chi connectivity index (χ3n) is 5.31. The highest BCUT2D eigenvalue weighted by molar-refractivity contribution is 6.08. The van der Waals surface area contributed by atoms with E-state index in [-0.39, 0.29) is 5.78 Å². The first-order valence-electron chi connectivity index (χ1n) is 9.81. The number of carbonyl (C=O) groups excluding carboxylic acids is 1. The van der Waals surface area contributed by atoms with Crippen LogP contribution in [0.15, 0.2) is 48.9 Å². The summed E-state index contributed by atoms with van der Waals surface area (Å²) in [5.74, 6) is 1.21. The van der Waals surface area contributed by atoms with Gasteiger partial charge in [-0.2, -0.15) is 0 Å². The van der Waals surface area contributed by atoms with Crippen molar-refractivity contribution in [2.75, 3.05) is 31.2 Å². The van der Waals surface area contributed by atoms with Crippen LogP contribution in [0.2, 0.25) is 0 Å². The van der Waals surface area contributed by atoms with E-state index >= 15 is 0 Å². The summed E-state index contributed by atoms with van der Waals surface area (Å²) in [7, 11) is 0. The number of ketones is 1. The number of fused-ring (bicyclic) bond motifs is 2. The fourth-order valence-electron chi connectivity index (χ4n) is 3.67. The highest BCUT2D eigenvalue weighted by Gasteiger charge is 2.17. The molecule has 30 heavy (non-hydrogen) atoms. The van der Waals surface area contributed by atoms with Crippen LogP contribution >= 0.6 is 0 Å². The van der Waals surface area contributed by atoms with Gasteiger partial charge in [-0.25, -0.2) is 9.97 Å². The van der Waals surface area contributed by atoms with Gasteiger partial charge in [-0.15, -0.1) is 10.2 Å². The summed E-state index contributed by atoms with van der Waals surface area (Å²) in [6, 6.07) is 10.1. The number of pyridine rings is 1. The molecule has 4 heterocycles. The van der Waals surface area contributed by atoms with Gasteiger partial charge in [0.05, 0.1) is 24.3 Å². The largest absolute Gasteiger partial charge is 0.378 e. The SMILES string of the molecule is Cc1c(C(=O)C=Cc2cc3ccccc3nc2N2CCOCC2)cnc2nncn12. The lowest BCUT2D eigenvalue weighted by Gasteiger charge is -2.29. The molecule has 1 aliphatic heterocycles. The molecule has 3 aromatic heterocycles. The number of para-hydroxylation sites is 1. The second-order valence-electron chi connectivity index (χ2n) is 7.15. The van der Waals surface area contributed by atoms with Crippen LogP contribution in [-0.4, -0.2) is 56.7 Å². The number of aryl methyl sites for hydroxylation is 1. The van der Waals surface area contributed by atoms with Gasteiger partial charge in [0.2, 0.25) is 0 Å². The molecule has 0 atom stereocenters. The summed E-state index contributed by atoms with van der Waals surface area (Å²) in [5, 5.41) is 8.79. The maximum atomic E-state index is 12.9. The van der Waals surface area contributed by atoms with Crippen molar-refractivity contribution in [3.63, 3.8) is 0 Å². The minimum Gasteiger partial charge on any atom is -0.378 e. The zero-order chi connectivity index (χ0) is 20.5. The molecule has 0 unspecified atom stereocenters. The van der Waals surface area contributed by atoms with E-state index in [0.717, 1.165) is 41.1 Å². The lowest BCUT2D eigenvalue weighted by atomic mass is 10.1. The Labute approximate surface area is 172 Å². The molecule has 1 aliphatic rings. The van der Waals surface area contributed by atoms with Crippen molar-refractivity contribution in [1.29, 1.82) is 0 Å². The van der Waals surface area contributed by atoms with E-state index in [1.54, 1.807) is 23.0 Å². The van der Waals surface area contributed by atoms with Gasteiger partial charge in [0, 0.05) is 35.9 Å². The average molecular weight is 400 g/mol. The Hall–Kier alpha value is -3.65. The molecule has 8 heteroatoms. The Balaban J connectivity index is 1.53. The van der Waals surface area contributed by atoms with E-state index < -0.39 is 0 Å². The number of allylic oxidation sites excluding steroid dienone is 1. The Kier molecular flexibility index (Phi) is 4.68. The maximum absolute atomic E-state index is 12.9. The Morgan fingerprint density at radius 3 is 2.90 bits per heavy atom. The standard InChI is InChI=1S/C22H20N6O2/c1-15-18(13-23-22-26-24-14-28(15)22)20(29)7-6-17-12-16-4-2-3-5-19(16)25-21(17)27-8-10-30-11-9-27/h2-7,12-14H,8-11H2,1H3. The number of nitrogens with zero attached hydrogens (tertiary/aromatic N) is 6. The van der Waals surface area contributed by atoms with Gasteiger partial charge in [-0.3, -0.25) is 9.20 Å². The summed E-state index contributed by atoms with van der Waals surface area (Å²) >= 11 is 0. The first kappa shape index (κ1) is 18.4. The molecule has 0 amide bonds. The molecule has 8 nitrogen and oxygen atoms in total. The Morgan fingerprint density at radius 2 is 2.03 bits per heavy atom. The fraction of sp³-hybridized carbons (Fsp3) is 0.227. The van der Waals surface area contributed by atoms with E-state index in [2.05, 4.69) is 26.1 Å². The van der Waals surface area contributed by atoms with Crippen LogP contribution < -0.4 is 4.90 Å². The second kappa shape index (κ2) is 7.64. The summed E-state index contributed by atoms with van der Waals surface area (Å²) < 4.78 is 7.19. The number of benzene rings is 1. The lowest BCUT2D eigenvalue weighted by molar-refractivity contribution is 0.104. The van der Waals surface area contributed by atoms with E-state index in [1.807, 2.05) is 37.3 Å². The molecule has 4 aromatic rings. The van der Waals surface area contributed by atoms with Crippen molar-refractivity contribution in [1.82, 2.24) is 24.6 Å². The maximum Gasteiger partial charge on any atom is 0.254 e. The monoisotopic (exact) mass is 400 g/mol. The molecular formula is C22H20N6O2. The summed E-state index contributed by atoms with van der Waals surface area (Å²) in [6.07, 6.45) is 6.52. The van der Waals surface area contributed by atoms with Crippen molar-refractivity contribution in [2.24, 2.45) is 0 Å². The zero-order valence-corrected chi connectivity index (χ0v) is 16.5. The van der Waals surface area contributed by atoms with Crippen LogP contribution in [0, 0.1) is 6.92 Å². The quantitative estimate of drug-likeness (QED) is 0.385. The number of carbonyl (C=O) groups is 1. The van der Waals surface area contributed by atoms with Crippen LogP contribution in [0.5, 0.6) is 0 Å². The van der Waals surface area contributed by atoms with Crippen LogP contribution in [0.25, 0.3) is 22.8 Å². The minimum absolute atomic E-state index is 0.128. The van der Waals surface area contributed by atoms with Gasteiger partial charge in [-0.1, -0.05) is 18.2 Å². The number of hydrogen-bond donors (Lipinski definition) is 0. The van der Waals surface area contributed by atoms with Crippen molar-refractivity contribution >= 4 is 34.4 Å². The lowest BCUT2D eigenvalue weighted by Crippen LogP contribution is -2.37. The first-order chi connectivity index (χ1) is 14.7. The molecule has 0 bridgehead atoms. The zero-order valence-electron chi connectivity index (χ0n) is 16.5. The highest BCUT2D eigenvalue weighted by atomic mass is 16.5. The summed E-state index contributed by atoms with van der Waals surface area (Å²) in [4.78, 5) is 24.2. The van der Waals surface area contributed by atoms with Gasteiger partial charge in [0.15, 0.2) is 5.78 Å². The molecule has 150 valence electrons. The Bertz CT molecular complexity index is 1270. The fourth-order valence-corrected chi connectivity index (χ4v) is 3.67. The molecule has 5 rings (SSSR count). The third kappa shape index (κ3) is 3.31. The molecular weight excluding hydrogens is 380 g/mol. The summed E-state index contributed by atoms with van der Waals surface area (Å²) in [6.45, 7) is 4.73. The molecule has 1 saturated heterocycles. The van der Waals surface area contributed by atoms with Gasteiger partial charge in [0.25, 0.3) is 5.78 Å². The number of anilines is 1. The van der Waals surface area contributed by atoms with E-state index in [4.69, 9.17) is 9.72 Å². The topological polar surface area (TPSA) is 85.5 Å². The average Bonchev–Trinajstić information content (AvgIpc) is 3.27. The molecule has 1 fully saturated rings. The minimum atomic E-state index is -0.128. The first-order valence-corrected chi connectivity index (χ1v) is 9.81. The predicted molar refractivity (Wildman–Crippen MR) is 114 cm³/mol. The Morgan fingerprint density at radius 1 is 1.20 bits per heavy atom. The van der Waals surface area contributed by atoms with E-state index in [0.29, 0.717) is 24.6 Å². The molecule has 0 saturated carbocycles. The van der Waals surface area contributed by atoms with Crippen molar-refractivity contribution in [3.05, 3.63) is 65.8 Å². The molecule has 0 spiro atoms. The normalized spacial score (nSPS) is 14.8. The molecule has 0 radical (unpaired) electrons. The number of ether oxygens (including phenoxy) is 1. The van der Waals surface area contributed by atoms with Crippen LogP contribution in [0.1, 0.15) is 21.6 Å². The smallest absolute Gasteiger partial charge is 0.254 e. The number of hydrogen-bond acceptors (Lipinski definition) is 7. The van der Waals surface area contributed by atoms with Gasteiger partial charge in [0.1, 0.15) is 12.1 Å². The van der Waals surface area contributed by atoms with Gasteiger partial charge < -0.3 is 9.64 Å². The van der Waals surface area contributed by atoms with E-state index in [1.165, 1.54) is 0 Å². The van der Waals surface area contributed by atoms with Gasteiger partial charge >= 0.3 is 0 Å². The number of morpholine rings is 1. The second-order valence-corrected chi connectivity index (χ2v) is 7.15.